The lowest BCUT2D eigenvalue weighted by molar-refractivity contribution is 0.501. The lowest BCUT2D eigenvalue weighted by Gasteiger charge is -2.31. The van der Waals surface area contributed by atoms with E-state index in [0.717, 1.165) is 42.3 Å². The van der Waals surface area contributed by atoms with Gasteiger partial charge in [0.1, 0.15) is 0 Å². The molecule has 1 aliphatic rings. The average molecular weight is 291 g/mol. The second-order valence-corrected chi connectivity index (χ2v) is 5.76. The Kier molecular flexibility index (Phi) is 3.68. The van der Waals surface area contributed by atoms with Crippen molar-refractivity contribution in [3.8, 4) is 5.69 Å². The number of benzene rings is 1. The molecule has 4 nitrogen and oxygen atoms in total. The Balaban J connectivity index is 1.87. The summed E-state index contributed by atoms with van der Waals surface area (Å²) in [5, 5.41) is 5.25. The van der Waals surface area contributed by atoms with Crippen molar-refractivity contribution in [3.05, 3.63) is 41.2 Å². The Hall–Kier alpha value is -1.52. The SMILES string of the molecule is Cc1c(N2CCC(N)CC2)cnn1-c1ccc(Cl)cc1. The third kappa shape index (κ3) is 2.53. The first kappa shape index (κ1) is 13.5. The molecule has 106 valence electrons. The van der Waals surface area contributed by atoms with Crippen LogP contribution in [-0.2, 0) is 0 Å². The molecule has 0 spiro atoms. The minimum absolute atomic E-state index is 0.345. The lowest BCUT2D eigenvalue weighted by atomic mass is 10.1. The van der Waals surface area contributed by atoms with Gasteiger partial charge in [0.2, 0.25) is 0 Å². The predicted octanol–water partition coefficient (Wildman–Crippen LogP) is 2.76. The number of nitrogens with two attached hydrogens (primary N) is 1. The minimum atomic E-state index is 0.345. The molecule has 3 rings (SSSR count). The highest BCUT2D eigenvalue weighted by atomic mass is 35.5. The lowest BCUT2D eigenvalue weighted by Crippen LogP contribution is -2.39. The van der Waals surface area contributed by atoms with Crippen LogP contribution >= 0.6 is 11.6 Å². The highest BCUT2D eigenvalue weighted by Gasteiger charge is 2.20. The number of rotatable bonds is 2. The molecular formula is C15H19ClN4. The fourth-order valence-electron chi connectivity index (χ4n) is 2.69. The number of aromatic nitrogens is 2. The van der Waals surface area contributed by atoms with Crippen LogP contribution in [-0.4, -0.2) is 28.9 Å². The van der Waals surface area contributed by atoms with E-state index in [-0.39, 0.29) is 0 Å². The average Bonchev–Trinajstić information content (AvgIpc) is 2.83. The van der Waals surface area contributed by atoms with Crippen LogP contribution in [0.3, 0.4) is 0 Å². The minimum Gasteiger partial charge on any atom is -0.369 e. The molecular weight excluding hydrogens is 272 g/mol. The van der Waals surface area contributed by atoms with Crippen molar-refractivity contribution in [1.29, 1.82) is 0 Å². The fourth-order valence-corrected chi connectivity index (χ4v) is 2.82. The Morgan fingerprint density at radius 2 is 1.85 bits per heavy atom. The molecule has 0 atom stereocenters. The van der Waals surface area contributed by atoms with Crippen molar-refractivity contribution in [2.75, 3.05) is 18.0 Å². The number of hydrogen-bond acceptors (Lipinski definition) is 3. The van der Waals surface area contributed by atoms with Gasteiger partial charge in [0, 0.05) is 24.2 Å². The summed E-state index contributed by atoms with van der Waals surface area (Å²) in [4.78, 5) is 2.37. The van der Waals surface area contributed by atoms with Crippen LogP contribution in [0.4, 0.5) is 5.69 Å². The molecule has 0 aliphatic carbocycles. The van der Waals surface area contributed by atoms with Crippen molar-refractivity contribution in [1.82, 2.24) is 9.78 Å². The molecule has 0 radical (unpaired) electrons. The molecule has 0 bridgehead atoms. The zero-order chi connectivity index (χ0) is 14.1. The predicted molar refractivity (Wildman–Crippen MR) is 82.7 cm³/mol. The van der Waals surface area contributed by atoms with Gasteiger partial charge in [-0.3, -0.25) is 0 Å². The van der Waals surface area contributed by atoms with Crippen LogP contribution < -0.4 is 10.6 Å². The summed E-state index contributed by atoms with van der Waals surface area (Å²) in [7, 11) is 0. The second kappa shape index (κ2) is 5.46. The number of piperidine rings is 1. The first-order valence-electron chi connectivity index (χ1n) is 6.96. The summed E-state index contributed by atoms with van der Waals surface area (Å²) in [5.74, 6) is 0. The Morgan fingerprint density at radius 3 is 2.50 bits per heavy atom. The maximum atomic E-state index is 5.96. The monoisotopic (exact) mass is 290 g/mol. The molecule has 0 unspecified atom stereocenters. The van der Waals surface area contributed by atoms with Crippen LogP contribution in [0.25, 0.3) is 5.69 Å². The van der Waals surface area contributed by atoms with Gasteiger partial charge in [-0.15, -0.1) is 0 Å². The summed E-state index contributed by atoms with van der Waals surface area (Å²) < 4.78 is 1.96. The van der Waals surface area contributed by atoms with Crippen molar-refractivity contribution < 1.29 is 0 Å². The summed E-state index contributed by atoms with van der Waals surface area (Å²) in [6.07, 6.45) is 4.04. The van der Waals surface area contributed by atoms with Gasteiger partial charge in [-0.25, -0.2) is 4.68 Å². The smallest absolute Gasteiger partial charge is 0.0787 e. The van der Waals surface area contributed by atoms with Gasteiger partial charge in [0.15, 0.2) is 0 Å². The second-order valence-electron chi connectivity index (χ2n) is 5.33. The van der Waals surface area contributed by atoms with E-state index in [0.29, 0.717) is 6.04 Å². The van der Waals surface area contributed by atoms with Gasteiger partial charge >= 0.3 is 0 Å². The van der Waals surface area contributed by atoms with Gasteiger partial charge in [0.25, 0.3) is 0 Å². The van der Waals surface area contributed by atoms with Crippen molar-refractivity contribution in [3.63, 3.8) is 0 Å². The highest BCUT2D eigenvalue weighted by Crippen LogP contribution is 2.25. The zero-order valence-electron chi connectivity index (χ0n) is 11.6. The summed E-state index contributed by atoms with van der Waals surface area (Å²) in [6.45, 7) is 4.12. The van der Waals surface area contributed by atoms with Crippen molar-refractivity contribution in [2.24, 2.45) is 5.73 Å². The molecule has 2 heterocycles. The molecule has 5 heteroatoms. The topological polar surface area (TPSA) is 47.1 Å². The highest BCUT2D eigenvalue weighted by molar-refractivity contribution is 6.30. The Bertz CT molecular complexity index is 582. The van der Waals surface area contributed by atoms with Gasteiger partial charge in [0.05, 0.1) is 23.3 Å². The third-order valence-electron chi connectivity index (χ3n) is 3.94. The maximum Gasteiger partial charge on any atom is 0.0787 e. The van der Waals surface area contributed by atoms with E-state index in [1.54, 1.807) is 0 Å². The number of hydrogen-bond donors (Lipinski definition) is 1. The van der Waals surface area contributed by atoms with Crippen molar-refractivity contribution in [2.45, 2.75) is 25.8 Å². The molecule has 2 N–H and O–H groups in total. The van der Waals surface area contributed by atoms with Gasteiger partial charge in [-0.05, 0) is 44.0 Å². The van der Waals surface area contributed by atoms with E-state index in [4.69, 9.17) is 17.3 Å². The molecule has 1 aromatic carbocycles. The van der Waals surface area contributed by atoms with E-state index in [2.05, 4.69) is 16.9 Å². The zero-order valence-corrected chi connectivity index (χ0v) is 12.3. The number of nitrogens with zero attached hydrogens (tertiary/aromatic N) is 3. The van der Waals surface area contributed by atoms with Gasteiger partial charge < -0.3 is 10.6 Å². The van der Waals surface area contributed by atoms with Crippen LogP contribution in [0.1, 0.15) is 18.5 Å². The molecule has 1 aliphatic heterocycles. The number of anilines is 1. The van der Waals surface area contributed by atoms with Crippen LogP contribution in [0.2, 0.25) is 5.02 Å². The molecule has 1 saturated heterocycles. The molecule has 1 fully saturated rings. The van der Waals surface area contributed by atoms with E-state index < -0.39 is 0 Å². The first-order chi connectivity index (χ1) is 9.65. The first-order valence-corrected chi connectivity index (χ1v) is 7.34. The van der Waals surface area contributed by atoms with Gasteiger partial charge in [-0.2, -0.15) is 5.10 Å². The molecule has 1 aromatic heterocycles. The summed E-state index contributed by atoms with van der Waals surface area (Å²) in [6, 6.07) is 8.09. The summed E-state index contributed by atoms with van der Waals surface area (Å²) >= 11 is 5.93. The van der Waals surface area contributed by atoms with Crippen LogP contribution in [0.5, 0.6) is 0 Å². The summed E-state index contributed by atoms with van der Waals surface area (Å²) in [5.41, 5.74) is 9.35. The fraction of sp³-hybridized carbons (Fsp3) is 0.400. The molecule has 20 heavy (non-hydrogen) atoms. The largest absolute Gasteiger partial charge is 0.369 e. The maximum absolute atomic E-state index is 5.96. The van der Waals surface area contributed by atoms with Crippen LogP contribution in [0, 0.1) is 6.92 Å². The van der Waals surface area contributed by atoms with E-state index in [1.165, 1.54) is 5.69 Å². The quantitative estimate of drug-likeness (QED) is 0.925. The Labute approximate surface area is 124 Å². The standard InChI is InChI=1S/C15H19ClN4/c1-11-15(19-8-6-13(17)7-9-19)10-18-20(11)14-4-2-12(16)3-5-14/h2-5,10,13H,6-9,17H2,1H3. The molecule has 0 amide bonds. The van der Waals surface area contributed by atoms with E-state index in [1.807, 2.05) is 35.1 Å². The number of halogens is 1. The Morgan fingerprint density at radius 1 is 1.20 bits per heavy atom. The molecule has 2 aromatic rings. The van der Waals surface area contributed by atoms with Crippen LogP contribution in [0.15, 0.2) is 30.5 Å². The molecule has 0 saturated carbocycles. The van der Waals surface area contributed by atoms with Crippen molar-refractivity contribution >= 4 is 17.3 Å². The van der Waals surface area contributed by atoms with E-state index in [9.17, 15) is 0 Å². The third-order valence-corrected chi connectivity index (χ3v) is 4.19. The van der Waals surface area contributed by atoms with Gasteiger partial charge in [-0.1, -0.05) is 11.6 Å². The normalized spacial score (nSPS) is 16.6. The van der Waals surface area contributed by atoms with E-state index >= 15 is 0 Å².